The fourth-order valence-corrected chi connectivity index (χ4v) is 1.64. The molecule has 0 aromatic heterocycles. The van der Waals surface area contributed by atoms with Gasteiger partial charge in [0.2, 0.25) is 0 Å². The quantitative estimate of drug-likeness (QED) is 0.867. The van der Waals surface area contributed by atoms with E-state index < -0.39 is 17.6 Å². The van der Waals surface area contributed by atoms with E-state index in [2.05, 4.69) is 5.32 Å². The van der Waals surface area contributed by atoms with E-state index in [0.717, 1.165) is 12.1 Å². The number of carbonyl (C=O) groups excluding carboxylic acids is 1. The maximum Gasteiger partial charge on any atom is 0.416 e. The Morgan fingerprint density at radius 3 is 2.63 bits per heavy atom. The first-order chi connectivity index (χ1) is 8.88. The first kappa shape index (κ1) is 15.5. The second kappa shape index (κ2) is 6.56. The molecule has 0 aliphatic rings. The van der Waals surface area contributed by atoms with Gasteiger partial charge in [0.1, 0.15) is 0 Å². The fraction of sp³-hybridized carbons (Fsp3) is 0.462. The van der Waals surface area contributed by atoms with Gasteiger partial charge in [0, 0.05) is 18.2 Å². The fourth-order valence-electron chi connectivity index (χ4n) is 1.64. The lowest BCUT2D eigenvalue weighted by Crippen LogP contribution is -2.35. The number of rotatable bonds is 5. The molecule has 2 N–H and O–H groups in total. The molecule has 1 rings (SSSR count). The average Bonchev–Trinajstić information content (AvgIpc) is 2.37. The molecule has 0 radical (unpaired) electrons. The molecule has 1 aromatic rings. The molecule has 6 heteroatoms. The van der Waals surface area contributed by atoms with Crippen molar-refractivity contribution in [1.82, 2.24) is 5.32 Å². The van der Waals surface area contributed by atoms with Crippen LogP contribution in [0.2, 0.25) is 0 Å². The van der Waals surface area contributed by atoms with E-state index in [4.69, 9.17) is 5.11 Å². The molecule has 106 valence electrons. The van der Waals surface area contributed by atoms with Crippen LogP contribution in [0.1, 0.15) is 35.7 Å². The Hall–Kier alpha value is -1.56. The van der Waals surface area contributed by atoms with E-state index in [-0.39, 0.29) is 18.2 Å². The number of benzene rings is 1. The second-order valence-electron chi connectivity index (χ2n) is 4.17. The number of hydrogen-bond donors (Lipinski definition) is 2. The van der Waals surface area contributed by atoms with Crippen molar-refractivity contribution in [2.45, 2.75) is 32.0 Å². The van der Waals surface area contributed by atoms with Crippen molar-refractivity contribution < 1.29 is 23.1 Å². The molecule has 0 spiro atoms. The van der Waals surface area contributed by atoms with Crippen LogP contribution in [0.3, 0.4) is 0 Å². The lowest BCUT2D eigenvalue weighted by atomic mass is 10.1. The standard InChI is InChI=1S/C13H16F3NO2/c1-2-11(6-7-18)17-12(19)9-4-3-5-10(8-9)13(14,15)16/h3-5,8,11,18H,2,6-7H2,1H3,(H,17,19). The maximum atomic E-state index is 12.5. The van der Waals surface area contributed by atoms with E-state index in [0.29, 0.717) is 12.8 Å². The van der Waals surface area contributed by atoms with E-state index in [1.165, 1.54) is 12.1 Å². The van der Waals surface area contributed by atoms with Crippen LogP contribution in [-0.2, 0) is 6.18 Å². The van der Waals surface area contributed by atoms with Crippen LogP contribution in [0.4, 0.5) is 13.2 Å². The van der Waals surface area contributed by atoms with Crippen molar-refractivity contribution in [2.75, 3.05) is 6.61 Å². The van der Waals surface area contributed by atoms with E-state index in [1.807, 2.05) is 6.92 Å². The largest absolute Gasteiger partial charge is 0.416 e. The van der Waals surface area contributed by atoms with Crippen LogP contribution >= 0.6 is 0 Å². The Labute approximate surface area is 109 Å². The molecule has 0 saturated carbocycles. The number of amides is 1. The minimum atomic E-state index is -4.47. The lowest BCUT2D eigenvalue weighted by molar-refractivity contribution is -0.137. The molecular formula is C13H16F3NO2. The van der Waals surface area contributed by atoms with Crippen LogP contribution in [0.5, 0.6) is 0 Å². The molecule has 1 aromatic carbocycles. The summed E-state index contributed by atoms with van der Waals surface area (Å²) in [6.45, 7) is 1.74. The van der Waals surface area contributed by atoms with Gasteiger partial charge in [-0.2, -0.15) is 13.2 Å². The molecule has 0 fully saturated rings. The Morgan fingerprint density at radius 1 is 1.42 bits per heavy atom. The molecule has 1 atom stereocenters. The molecule has 0 bridgehead atoms. The number of nitrogens with one attached hydrogen (secondary N) is 1. The van der Waals surface area contributed by atoms with Gasteiger partial charge < -0.3 is 10.4 Å². The monoisotopic (exact) mass is 275 g/mol. The summed E-state index contributed by atoms with van der Waals surface area (Å²) in [5.41, 5.74) is -0.887. The van der Waals surface area contributed by atoms with Gasteiger partial charge in [-0.05, 0) is 31.0 Å². The minimum Gasteiger partial charge on any atom is -0.396 e. The van der Waals surface area contributed by atoms with Crippen molar-refractivity contribution in [2.24, 2.45) is 0 Å². The summed E-state index contributed by atoms with van der Waals surface area (Å²) in [4.78, 5) is 11.8. The SMILES string of the molecule is CCC(CCO)NC(=O)c1cccc(C(F)(F)F)c1. The number of halogens is 3. The topological polar surface area (TPSA) is 49.3 Å². The number of alkyl halides is 3. The van der Waals surface area contributed by atoms with Crippen LogP contribution < -0.4 is 5.32 Å². The molecular weight excluding hydrogens is 259 g/mol. The van der Waals surface area contributed by atoms with Crippen molar-refractivity contribution in [3.05, 3.63) is 35.4 Å². The van der Waals surface area contributed by atoms with E-state index in [9.17, 15) is 18.0 Å². The third-order valence-electron chi connectivity index (χ3n) is 2.76. The van der Waals surface area contributed by atoms with Gasteiger partial charge in [-0.1, -0.05) is 13.0 Å². The molecule has 0 aliphatic heterocycles. The van der Waals surface area contributed by atoms with Crippen molar-refractivity contribution >= 4 is 5.91 Å². The number of aliphatic hydroxyl groups excluding tert-OH is 1. The highest BCUT2D eigenvalue weighted by molar-refractivity contribution is 5.94. The first-order valence-electron chi connectivity index (χ1n) is 5.97. The van der Waals surface area contributed by atoms with Gasteiger partial charge in [0.15, 0.2) is 0 Å². The van der Waals surface area contributed by atoms with Crippen molar-refractivity contribution in [3.63, 3.8) is 0 Å². The zero-order valence-electron chi connectivity index (χ0n) is 10.5. The van der Waals surface area contributed by atoms with E-state index in [1.54, 1.807) is 0 Å². The lowest BCUT2D eigenvalue weighted by Gasteiger charge is -2.16. The van der Waals surface area contributed by atoms with Gasteiger partial charge in [-0.25, -0.2) is 0 Å². The first-order valence-corrected chi connectivity index (χ1v) is 5.97. The summed E-state index contributed by atoms with van der Waals surface area (Å²) in [6.07, 6.45) is -3.49. The molecule has 0 saturated heterocycles. The summed E-state index contributed by atoms with van der Waals surface area (Å²) in [5.74, 6) is -0.564. The smallest absolute Gasteiger partial charge is 0.396 e. The molecule has 19 heavy (non-hydrogen) atoms. The third-order valence-corrected chi connectivity index (χ3v) is 2.76. The Kier molecular flexibility index (Phi) is 5.35. The van der Waals surface area contributed by atoms with Crippen LogP contribution in [-0.4, -0.2) is 23.7 Å². The predicted octanol–water partition coefficient (Wildman–Crippen LogP) is 2.60. The summed E-state index contributed by atoms with van der Waals surface area (Å²) in [5, 5.41) is 11.4. The zero-order chi connectivity index (χ0) is 14.5. The van der Waals surface area contributed by atoms with E-state index >= 15 is 0 Å². The third kappa shape index (κ3) is 4.55. The highest BCUT2D eigenvalue weighted by Crippen LogP contribution is 2.29. The van der Waals surface area contributed by atoms with Gasteiger partial charge in [0.05, 0.1) is 5.56 Å². The zero-order valence-corrected chi connectivity index (χ0v) is 10.5. The van der Waals surface area contributed by atoms with Gasteiger partial charge >= 0.3 is 6.18 Å². The van der Waals surface area contributed by atoms with Crippen LogP contribution in [0.25, 0.3) is 0 Å². The summed E-state index contributed by atoms with van der Waals surface area (Å²) in [6, 6.07) is 4.02. The Balaban J connectivity index is 2.82. The summed E-state index contributed by atoms with van der Waals surface area (Å²) < 4.78 is 37.5. The van der Waals surface area contributed by atoms with Crippen molar-refractivity contribution in [3.8, 4) is 0 Å². The van der Waals surface area contributed by atoms with Gasteiger partial charge in [-0.3, -0.25) is 4.79 Å². The van der Waals surface area contributed by atoms with Crippen molar-refractivity contribution in [1.29, 1.82) is 0 Å². The normalized spacial score (nSPS) is 13.1. The summed E-state index contributed by atoms with van der Waals surface area (Å²) >= 11 is 0. The number of aliphatic hydroxyl groups is 1. The van der Waals surface area contributed by atoms with Gasteiger partial charge in [0.25, 0.3) is 5.91 Å². The summed E-state index contributed by atoms with van der Waals surface area (Å²) in [7, 11) is 0. The van der Waals surface area contributed by atoms with Crippen LogP contribution in [0, 0.1) is 0 Å². The molecule has 3 nitrogen and oxygen atoms in total. The molecule has 1 amide bonds. The van der Waals surface area contributed by atoms with Crippen LogP contribution in [0.15, 0.2) is 24.3 Å². The maximum absolute atomic E-state index is 12.5. The highest BCUT2D eigenvalue weighted by Gasteiger charge is 2.30. The molecule has 0 heterocycles. The average molecular weight is 275 g/mol. The Bertz CT molecular complexity index is 432. The minimum absolute atomic E-state index is 0.0359. The Morgan fingerprint density at radius 2 is 2.11 bits per heavy atom. The molecule has 1 unspecified atom stereocenters. The molecule has 0 aliphatic carbocycles. The predicted molar refractivity (Wildman–Crippen MR) is 64.7 cm³/mol. The second-order valence-corrected chi connectivity index (χ2v) is 4.17. The number of hydrogen-bond acceptors (Lipinski definition) is 2. The highest BCUT2D eigenvalue weighted by atomic mass is 19.4. The van der Waals surface area contributed by atoms with Gasteiger partial charge in [-0.15, -0.1) is 0 Å². The number of carbonyl (C=O) groups is 1.